The van der Waals surface area contributed by atoms with E-state index in [4.69, 9.17) is 0 Å². The molecule has 0 aromatic rings. The number of rotatable bonds is 2. The first-order valence-electron chi connectivity index (χ1n) is 6.85. The topological polar surface area (TPSA) is 12.0 Å². The molecule has 0 spiro atoms. The molecular formula is C14H25N. The van der Waals surface area contributed by atoms with Crippen molar-refractivity contribution >= 4 is 0 Å². The number of fused-ring (bicyclic) bond motifs is 2. The summed E-state index contributed by atoms with van der Waals surface area (Å²) in [6, 6.07) is 1.71. The fraction of sp³-hybridized carbons (Fsp3) is 1.00. The smallest absolute Gasteiger partial charge is 0.0101 e. The molecule has 4 atom stereocenters. The Balaban J connectivity index is 1.63. The lowest BCUT2D eigenvalue weighted by Gasteiger charge is -2.62. The average molecular weight is 207 g/mol. The number of hydrogen-bond donors (Lipinski definition) is 1. The van der Waals surface area contributed by atoms with Crippen LogP contribution in [0.1, 0.15) is 52.9 Å². The van der Waals surface area contributed by atoms with Crippen LogP contribution in [0.2, 0.25) is 0 Å². The molecule has 0 unspecified atom stereocenters. The molecule has 1 N–H and O–H groups in total. The molecule has 4 fully saturated rings. The maximum Gasteiger partial charge on any atom is 0.0101 e. The van der Waals surface area contributed by atoms with Gasteiger partial charge in [0, 0.05) is 12.1 Å². The molecule has 0 saturated heterocycles. The van der Waals surface area contributed by atoms with Crippen LogP contribution in [0.4, 0.5) is 0 Å². The summed E-state index contributed by atoms with van der Waals surface area (Å²) in [5.74, 6) is 2.91. The quantitative estimate of drug-likeness (QED) is 0.733. The fourth-order valence-electron chi connectivity index (χ4n) is 4.25. The van der Waals surface area contributed by atoms with Crippen molar-refractivity contribution in [3.63, 3.8) is 0 Å². The first-order chi connectivity index (χ1) is 7.09. The molecule has 0 radical (unpaired) electrons. The average Bonchev–Trinajstić information content (AvgIpc) is 2.12. The van der Waals surface area contributed by atoms with Gasteiger partial charge in [0.1, 0.15) is 0 Å². The third-order valence-corrected chi connectivity index (χ3v) is 5.91. The van der Waals surface area contributed by atoms with Crippen LogP contribution in [-0.2, 0) is 0 Å². The summed E-state index contributed by atoms with van der Waals surface area (Å²) in [6.07, 6.45) is 7.28. The molecular weight excluding hydrogens is 182 g/mol. The molecule has 4 aliphatic carbocycles. The van der Waals surface area contributed by atoms with Gasteiger partial charge < -0.3 is 5.32 Å². The first kappa shape index (κ1) is 10.1. The second-order valence-corrected chi connectivity index (χ2v) is 6.86. The van der Waals surface area contributed by atoms with Crippen LogP contribution < -0.4 is 5.32 Å². The van der Waals surface area contributed by atoms with Crippen molar-refractivity contribution in [2.24, 2.45) is 23.2 Å². The van der Waals surface area contributed by atoms with E-state index < -0.39 is 0 Å². The summed E-state index contributed by atoms with van der Waals surface area (Å²) < 4.78 is 0. The minimum atomic E-state index is 0.650. The molecule has 2 bridgehead atoms. The Kier molecular flexibility index (Phi) is 2.18. The zero-order valence-electron chi connectivity index (χ0n) is 10.4. The van der Waals surface area contributed by atoms with Crippen LogP contribution in [0.15, 0.2) is 0 Å². The maximum atomic E-state index is 3.90. The largest absolute Gasteiger partial charge is 0.311 e. The van der Waals surface area contributed by atoms with Crippen molar-refractivity contribution in [3.8, 4) is 0 Å². The standard InChI is InChI=1S/C14H25N/c1-9-12-7-10(14(12,2)3)8-13(9)15-11-5-4-6-11/h9-13,15H,4-8H2,1-3H3/t9-,10+,12-,13-/m1/s1. The third-order valence-electron chi connectivity index (χ3n) is 5.91. The van der Waals surface area contributed by atoms with Gasteiger partial charge in [-0.2, -0.15) is 0 Å². The Morgan fingerprint density at radius 2 is 1.87 bits per heavy atom. The third kappa shape index (κ3) is 1.39. The van der Waals surface area contributed by atoms with Crippen LogP contribution in [-0.4, -0.2) is 12.1 Å². The molecule has 86 valence electrons. The van der Waals surface area contributed by atoms with E-state index in [-0.39, 0.29) is 0 Å². The molecule has 4 rings (SSSR count). The summed E-state index contributed by atoms with van der Waals surface area (Å²) in [5, 5.41) is 3.90. The van der Waals surface area contributed by atoms with Crippen LogP contribution in [0.3, 0.4) is 0 Å². The van der Waals surface area contributed by atoms with E-state index >= 15 is 0 Å². The molecule has 1 heteroatoms. The van der Waals surface area contributed by atoms with Crippen molar-refractivity contribution in [2.75, 3.05) is 0 Å². The summed E-state index contributed by atoms with van der Waals surface area (Å²) in [7, 11) is 0. The van der Waals surface area contributed by atoms with Gasteiger partial charge >= 0.3 is 0 Å². The van der Waals surface area contributed by atoms with E-state index in [1.54, 1.807) is 0 Å². The highest BCUT2D eigenvalue weighted by Gasteiger charge is 2.56. The Bertz CT molecular complexity index is 254. The molecule has 0 aromatic heterocycles. The minimum absolute atomic E-state index is 0.650. The van der Waals surface area contributed by atoms with Gasteiger partial charge in [-0.05, 0) is 48.9 Å². The van der Waals surface area contributed by atoms with Crippen molar-refractivity contribution < 1.29 is 0 Å². The van der Waals surface area contributed by atoms with Crippen molar-refractivity contribution in [2.45, 2.75) is 65.0 Å². The summed E-state index contributed by atoms with van der Waals surface area (Å²) in [5.41, 5.74) is 0.650. The van der Waals surface area contributed by atoms with Gasteiger partial charge in [-0.1, -0.05) is 27.2 Å². The second-order valence-electron chi connectivity index (χ2n) is 6.86. The zero-order valence-corrected chi connectivity index (χ0v) is 10.4. The Morgan fingerprint density at radius 3 is 2.33 bits per heavy atom. The van der Waals surface area contributed by atoms with Crippen LogP contribution in [0.5, 0.6) is 0 Å². The molecule has 0 heterocycles. The lowest BCUT2D eigenvalue weighted by Crippen LogP contribution is -2.61. The van der Waals surface area contributed by atoms with Gasteiger partial charge in [-0.15, -0.1) is 0 Å². The van der Waals surface area contributed by atoms with Crippen molar-refractivity contribution in [1.29, 1.82) is 0 Å². The predicted molar refractivity (Wildman–Crippen MR) is 63.7 cm³/mol. The molecule has 4 saturated carbocycles. The van der Waals surface area contributed by atoms with E-state index in [0.717, 1.165) is 29.8 Å². The highest BCUT2D eigenvalue weighted by Crippen LogP contribution is 2.61. The SMILES string of the molecule is C[C@@H]1[C@H]2C[C@@H](C[C@H]1NC1CCC1)C2(C)C. The molecule has 0 aromatic carbocycles. The van der Waals surface area contributed by atoms with Gasteiger partial charge in [0.2, 0.25) is 0 Å². The Labute approximate surface area is 94.0 Å². The van der Waals surface area contributed by atoms with E-state index in [0.29, 0.717) is 5.41 Å². The summed E-state index contributed by atoms with van der Waals surface area (Å²) in [6.45, 7) is 7.46. The first-order valence-corrected chi connectivity index (χ1v) is 6.85. The minimum Gasteiger partial charge on any atom is -0.311 e. The lowest BCUT2D eigenvalue weighted by atomic mass is 9.44. The molecule has 4 aliphatic rings. The summed E-state index contributed by atoms with van der Waals surface area (Å²) in [4.78, 5) is 0. The van der Waals surface area contributed by atoms with Crippen LogP contribution in [0, 0.1) is 23.2 Å². The van der Waals surface area contributed by atoms with Gasteiger partial charge in [-0.3, -0.25) is 0 Å². The summed E-state index contributed by atoms with van der Waals surface area (Å²) >= 11 is 0. The normalized spacial score (nSPS) is 48.2. The highest BCUT2D eigenvalue weighted by molar-refractivity contribution is 5.07. The fourth-order valence-corrected chi connectivity index (χ4v) is 4.25. The predicted octanol–water partition coefficient (Wildman–Crippen LogP) is 3.20. The number of hydrogen-bond acceptors (Lipinski definition) is 1. The van der Waals surface area contributed by atoms with Gasteiger partial charge in [0.25, 0.3) is 0 Å². The number of nitrogens with one attached hydrogen (secondary N) is 1. The maximum absolute atomic E-state index is 3.90. The van der Waals surface area contributed by atoms with Gasteiger partial charge in [-0.25, -0.2) is 0 Å². The van der Waals surface area contributed by atoms with Gasteiger partial charge in [0.05, 0.1) is 0 Å². The van der Waals surface area contributed by atoms with Crippen LogP contribution in [0.25, 0.3) is 0 Å². The molecule has 0 amide bonds. The van der Waals surface area contributed by atoms with E-state index in [1.807, 2.05) is 0 Å². The van der Waals surface area contributed by atoms with Gasteiger partial charge in [0.15, 0.2) is 0 Å². The van der Waals surface area contributed by atoms with E-state index in [9.17, 15) is 0 Å². The Hall–Kier alpha value is -0.0400. The second kappa shape index (κ2) is 3.23. The monoisotopic (exact) mass is 207 g/mol. The Morgan fingerprint density at radius 1 is 1.13 bits per heavy atom. The highest BCUT2D eigenvalue weighted by atomic mass is 15.0. The zero-order chi connectivity index (χ0) is 10.6. The van der Waals surface area contributed by atoms with Crippen molar-refractivity contribution in [1.82, 2.24) is 5.32 Å². The van der Waals surface area contributed by atoms with E-state index in [2.05, 4.69) is 26.1 Å². The van der Waals surface area contributed by atoms with E-state index in [1.165, 1.54) is 32.1 Å². The van der Waals surface area contributed by atoms with Crippen molar-refractivity contribution in [3.05, 3.63) is 0 Å². The molecule has 0 aliphatic heterocycles. The van der Waals surface area contributed by atoms with Crippen LogP contribution >= 0.6 is 0 Å². The molecule has 1 nitrogen and oxygen atoms in total. The molecule has 15 heavy (non-hydrogen) atoms. The lowest BCUT2D eigenvalue weighted by molar-refractivity contribution is -0.117.